The average molecular weight is 393 g/mol. The van der Waals surface area contributed by atoms with E-state index in [-0.39, 0.29) is 18.0 Å². The molecule has 7 heteroatoms. The van der Waals surface area contributed by atoms with Crippen molar-refractivity contribution in [2.24, 2.45) is 0 Å². The van der Waals surface area contributed by atoms with Crippen LogP contribution in [0.2, 0.25) is 0 Å². The molecule has 150 valence electrons. The molecule has 2 aromatic carbocycles. The number of nitrogens with two attached hydrogens (primary N) is 1. The van der Waals surface area contributed by atoms with E-state index < -0.39 is 5.82 Å². The Morgan fingerprint density at radius 2 is 2.00 bits per heavy atom. The first kappa shape index (κ1) is 19.1. The van der Waals surface area contributed by atoms with E-state index in [2.05, 4.69) is 20.1 Å². The highest BCUT2D eigenvalue weighted by Gasteiger charge is 2.17. The quantitative estimate of drug-likeness (QED) is 0.643. The number of carbonyl (C=O) groups is 1. The Bertz CT molecular complexity index is 1030. The van der Waals surface area contributed by atoms with Gasteiger partial charge in [-0.2, -0.15) is 0 Å². The molecule has 2 heterocycles. The second-order valence-corrected chi connectivity index (χ2v) is 7.34. The molecule has 6 nitrogen and oxygen atoms in total. The van der Waals surface area contributed by atoms with Crippen LogP contribution in [0.3, 0.4) is 0 Å². The smallest absolute Gasteiger partial charge is 0.224 e. The Morgan fingerprint density at radius 3 is 2.86 bits per heavy atom. The number of aryl methyl sites for hydroxylation is 2. The summed E-state index contributed by atoms with van der Waals surface area (Å²) < 4.78 is 16.4. The summed E-state index contributed by atoms with van der Waals surface area (Å²) in [5.74, 6) is 0.948. The minimum Gasteiger partial charge on any atom is -0.399 e. The lowest BCUT2D eigenvalue weighted by Gasteiger charge is -2.11. The van der Waals surface area contributed by atoms with E-state index in [4.69, 9.17) is 5.73 Å². The van der Waals surface area contributed by atoms with E-state index in [9.17, 15) is 9.18 Å². The topological polar surface area (TPSA) is 85.8 Å². The van der Waals surface area contributed by atoms with Gasteiger partial charge in [0.2, 0.25) is 5.91 Å². The minimum atomic E-state index is -0.475. The van der Waals surface area contributed by atoms with E-state index in [0.717, 1.165) is 48.6 Å². The van der Waals surface area contributed by atoms with Crippen LogP contribution in [0.25, 0.3) is 11.4 Å². The fourth-order valence-electron chi connectivity index (χ4n) is 3.68. The van der Waals surface area contributed by atoms with Crippen molar-refractivity contribution >= 4 is 17.3 Å². The third kappa shape index (κ3) is 4.29. The first-order chi connectivity index (χ1) is 14.1. The number of amides is 1. The summed E-state index contributed by atoms with van der Waals surface area (Å²) in [5, 5.41) is 11.3. The van der Waals surface area contributed by atoms with Gasteiger partial charge in [0.05, 0.1) is 5.69 Å². The van der Waals surface area contributed by atoms with Crippen molar-refractivity contribution in [3.63, 3.8) is 0 Å². The number of carbonyl (C=O) groups excluding carboxylic acids is 1. The Hall–Kier alpha value is -3.22. The average Bonchev–Trinajstić information content (AvgIpc) is 2.97. The van der Waals surface area contributed by atoms with E-state index in [0.29, 0.717) is 12.1 Å². The molecule has 0 saturated heterocycles. The molecule has 0 saturated carbocycles. The zero-order valence-electron chi connectivity index (χ0n) is 16.2. The summed E-state index contributed by atoms with van der Waals surface area (Å²) >= 11 is 0. The fourth-order valence-corrected chi connectivity index (χ4v) is 3.68. The number of nitrogens with zero attached hydrogens (tertiary/aromatic N) is 3. The molecule has 1 amide bonds. The molecule has 3 aromatic rings. The molecular weight excluding hydrogens is 369 g/mol. The second-order valence-electron chi connectivity index (χ2n) is 7.34. The number of fused-ring (bicyclic) bond motifs is 1. The third-order valence-electron chi connectivity index (χ3n) is 5.28. The molecule has 0 fully saturated rings. The van der Waals surface area contributed by atoms with Crippen LogP contribution in [-0.4, -0.2) is 20.7 Å². The number of nitrogens with one attached hydrogen (secondary N) is 1. The molecule has 1 aliphatic rings. The van der Waals surface area contributed by atoms with Gasteiger partial charge < -0.3 is 15.6 Å². The number of halogens is 1. The van der Waals surface area contributed by atoms with Gasteiger partial charge in [0.15, 0.2) is 5.82 Å². The van der Waals surface area contributed by atoms with Crippen molar-refractivity contribution in [2.45, 2.75) is 45.1 Å². The van der Waals surface area contributed by atoms with E-state index in [1.807, 2.05) is 18.2 Å². The summed E-state index contributed by atoms with van der Waals surface area (Å²) in [4.78, 5) is 12.4. The van der Waals surface area contributed by atoms with Crippen molar-refractivity contribution in [3.05, 3.63) is 59.7 Å². The van der Waals surface area contributed by atoms with Crippen LogP contribution in [-0.2, 0) is 24.2 Å². The van der Waals surface area contributed by atoms with Gasteiger partial charge in [0.1, 0.15) is 11.6 Å². The number of aromatic nitrogens is 3. The van der Waals surface area contributed by atoms with Crippen LogP contribution in [0.15, 0.2) is 42.5 Å². The van der Waals surface area contributed by atoms with Gasteiger partial charge >= 0.3 is 0 Å². The monoisotopic (exact) mass is 393 g/mol. The fraction of sp³-hybridized carbons (Fsp3) is 0.318. The predicted molar refractivity (Wildman–Crippen MR) is 111 cm³/mol. The lowest BCUT2D eigenvalue weighted by atomic mass is 10.1. The van der Waals surface area contributed by atoms with Gasteiger partial charge in [-0.25, -0.2) is 4.39 Å². The SMILES string of the molecule is Nc1ccccc1CCC(=O)Nc1cc(-c2nnc3n2CCCCC3)ccc1F. The molecule has 0 aliphatic carbocycles. The maximum Gasteiger partial charge on any atom is 0.224 e. The molecule has 0 unspecified atom stereocenters. The highest BCUT2D eigenvalue weighted by molar-refractivity contribution is 5.91. The van der Waals surface area contributed by atoms with E-state index in [1.54, 1.807) is 18.2 Å². The third-order valence-corrected chi connectivity index (χ3v) is 5.28. The van der Waals surface area contributed by atoms with E-state index in [1.165, 1.54) is 12.5 Å². The minimum absolute atomic E-state index is 0.152. The van der Waals surface area contributed by atoms with Gasteiger partial charge in [0, 0.05) is 30.6 Å². The van der Waals surface area contributed by atoms with Gasteiger partial charge in [-0.3, -0.25) is 4.79 Å². The summed E-state index contributed by atoms with van der Waals surface area (Å²) in [7, 11) is 0. The number of hydrogen-bond donors (Lipinski definition) is 2. The van der Waals surface area contributed by atoms with Crippen molar-refractivity contribution < 1.29 is 9.18 Å². The second kappa shape index (κ2) is 8.43. The van der Waals surface area contributed by atoms with Crippen LogP contribution >= 0.6 is 0 Å². The van der Waals surface area contributed by atoms with Crippen molar-refractivity contribution in [2.75, 3.05) is 11.1 Å². The summed E-state index contributed by atoms with van der Waals surface area (Å²) in [6, 6.07) is 12.1. The Kier molecular flexibility index (Phi) is 5.55. The van der Waals surface area contributed by atoms with Crippen molar-refractivity contribution in [1.29, 1.82) is 0 Å². The molecule has 0 radical (unpaired) electrons. The van der Waals surface area contributed by atoms with Crippen molar-refractivity contribution in [3.8, 4) is 11.4 Å². The molecule has 1 aromatic heterocycles. The van der Waals surface area contributed by atoms with Crippen LogP contribution in [0.5, 0.6) is 0 Å². The standard InChI is InChI=1S/C22H24FN5O/c23-17-11-9-16(22-27-26-20-8-2-1-5-13-28(20)22)14-19(17)25-21(29)12-10-15-6-3-4-7-18(15)24/h3-4,6-7,9,11,14H,1-2,5,8,10,12-13,24H2,(H,25,29). The lowest BCUT2D eigenvalue weighted by molar-refractivity contribution is -0.116. The largest absolute Gasteiger partial charge is 0.399 e. The molecule has 0 atom stereocenters. The molecule has 29 heavy (non-hydrogen) atoms. The van der Waals surface area contributed by atoms with Crippen LogP contribution in [0.1, 0.15) is 37.1 Å². The zero-order chi connectivity index (χ0) is 20.2. The van der Waals surface area contributed by atoms with Crippen LogP contribution in [0.4, 0.5) is 15.8 Å². The van der Waals surface area contributed by atoms with Crippen molar-refractivity contribution in [1.82, 2.24) is 14.8 Å². The molecule has 1 aliphatic heterocycles. The highest BCUT2D eigenvalue weighted by atomic mass is 19.1. The maximum absolute atomic E-state index is 14.3. The number of nitrogen functional groups attached to an aromatic ring is 1. The number of benzene rings is 2. The summed E-state index contributed by atoms with van der Waals surface area (Å²) in [6.07, 6.45) is 4.97. The van der Waals surface area contributed by atoms with Crippen LogP contribution < -0.4 is 11.1 Å². The lowest BCUT2D eigenvalue weighted by Crippen LogP contribution is -2.14. The van der Waals surface area contributed by atoms with Gasteiger partial charge in [-0.15, -0.1) is 10.2 Å². The molecule has 0 bridgehead atoms. The first-order valence-corrected chi connectivity index (χ1v) is 9.97. The summed E-state index contributed by atoms with van der Waals surface area (Å²) in [5.41, 5.74) is 8.37. The number of rotatable bonds is 5. The Morgan fingerprint density at radius 1 is 1.14 bits per heavy atom. The number of hydrogen-bond acceptors (Lipinski definition) is 4. The Labute approximate surface area is 169 Å². The van der Waals surface area contributed by atoms with E-state index >= 15 is 0 Å². The Balaban J connectivity index is 1.50. The predicted octanol–water partition coefficient (Wildman–Crippen LogP) is 3.96. The van der Waals surface area contributed by atoms with Gasteiger partial charge in [0.25, 0.3) is 0 Å². The van der Waals surface area contributed by atoms with Gasteiger partial charge in [-0.05, 0) is 49.1 Å². The molecule has 0 spiro atoms. The summed E-state index contributed by atoms with van der Waals surface area (Å²) in [6.45, 7) is 0.856. The molecule has 3 N–H and O–H groups in total. The maximum atomic E-state index is 14.3. The number of anilines is 2. The number of para-hydroxylation sites is 1. The first-order valence-electron chi connectivity index (χ1n) is 9.97. The highest BCUT2D eigenvalue weighted by Crippen LogP contribution is 2.27. The zero-order valence-corrected chi connectivity index (χ0v) is 16.2. The van der Waals surface area contributed by atoms with Gasteiger partial charge in [-0.1, -0.05) is 24.6 Å². The normalized spacial score (nSPS) is 13.6. The van der Waals surface area contributed by atoms with Crippen LogP contribution in [0, 0.1) is 5.82 Å². The molecule has 4 rings (SSSR count). The molecular formula is C22H24FN5O.